The van der Waals surface area contributed by atoms with Gasteiger partial charge in [0.2, 0.25) is 0 Å². The zero-order valence-corrected chi connectivity index (χ0v) is 10.7. The van der Waals surface area contributed by atoms with E-state index in [2.05, 4.69) is 5.10 Å². The molecule has 2 atom stereocenters. The van der Waals surface area contributed by atoms with Crippen LogP contribution < -0.4 is 0 Å². The van der Waals surface area contributed by atoms with Gasteiger partial charge in [-0.25, -0.2) is 0 Å². The van der Waals surface area contributed by atoms with E-state index < -0.39 is 16.1 Å². The number of rotatable bonds is 2. The SMILES string of the molecule is CC1C=CC(S(=O)(=O)N2N=CC=CC2C#N)=CC1. The van der Waals surface area contributed by atoms with Crippen molar-refractivity contribution in [2.24, 2.45) is 11.0 Å². The molecule has 0 saturated carbocycles. The molecule has 1 heterocycles. The molecular formula is C12H13N3O2S. The van der Waals surface area contributed by atoms with Crippen LogP contribution in [0, 0.1) is 17.2 Å². The van der Waals surface area contributed by atoms with E-state index in [0.717, 1.165) is 4.41 Å². The van der Waals surface area contributed by atoms with E-state index >= 15 is 0 Å². The molecule has 2 aliphatic rings. The van der Waals surface area contributed by atoms with Crippen LogP contribution in [-0.4, -0.2) is 25.1 Å². The van der Waals surface area contributed by atoms with E-state index in [1.54, 1.807) is 18.2 Å². The van der Waals surface area contributed by atoms with Gasteiger partial charge in [0.25, 0.3) is 10.0 Å². The maximum Gasteiger partial charge on any atom is 0.280 e. The Labute approximate surface area is 106 Å². The minimum absolute atomic E-state index is 0.202. The van der Waals surface area contributed by atoms with Crippen molar-refractivity contribution in [2.45, 2.75) is 19.4 Å². The predicted octanol–water partition coefficient (Wildman–Crippen LogP) is 1.55. The van der Waals surface area contributed by atoms with Crippen molar-refractivity contribution >= 4 is 16.2 Å². The molecule has 0 aromatic carbocycles. The van der Waals surface area contributed by atoms with Gasteiger partial charge in [-0.15, -0.1) is 0 Å². The highest BCUT2D eigenvalue weighted by atomic mass is 32.2. The van der Waals surface area contributed by atoms with Gasteiger partial charge < -0.3 is 0 Å². The van der Waals surface area contributed by atoms with Crippen LogP contribution in [0.4, 0.5) is 0 Å². The van der Waals surface area contributed by atoms with Crippen LogP contribution in [0.2, 0.25) is 0 Å². The van der Waals surface area contributed by atoms with Crippen LogP contribution in [0.1, 0.15) is 13.3 Å². The second-order valence-corrected chi connectivity index (χ2v) is 5.98. The molecule has 0 aromatic heterocycles. The number of hydrogen-bond donors (Lipinski definition) is 0. The van der Waals surface area contributed by atoms with E-state index in [9.17, 15) is 8.42 Å². The molecule has 0 amide bonds. The Morgan fingerprint density at radius 2 is 2.28 bits per heavy atom. The fourth-order valence-corrected chi connectivity index (χ4v) is 3.08. The molecule has 0 N–H and O–H groups in total. The summed E-state index contributed by atoms with van der Waals surface area (Å²) < 4.78 is 25.5. The van der Waals surface area contributed by atoms with Crippen LogP contribution in [0.25, 0.3) is 0 Å². The van der Waals surface area contributed by atoms with E-state index in [0.29, 0.717) is 12.3 Å². The van der Waals surface area contributed by atoms with Gasteiger partial charge in [0.05, 0.1) is 11.0 Å². The van der Waals surface area contributed by atoms with Crippen molar-refractivity contribution in [1.29, 1.82) is 5.26 Å². The Hall–Kier alpha value is -1.87. The van der Waals surface area contributed by atoms with Crippen molar-refractivity contribution in [3.05, 3.63) is 35.3 Å². The summed E-state index contributed by atoms with van der Waals surface area (Å²) in [6.07, 6.45) is 10.2. The van der Waals surface area contributed by atoms with Gasteiger partial charge in [-0.05, 0) is 30.6 Å². The summed E-state index contributed by atoms with van der Waals surface area (Å²) in [6, 6.07) is 1.02. The fourth-order valence-electron chi connectivity index (χ4n) is 1.72. The van der Waals surface area contributed by atoms with Gasteiger partial charge >= 0.3 is 0 Å². The van der Waals surface area contributed by atoms with Gasteiger partial charge in [0, 0.05) is 6.21 Å². The lowest BCUT2D eigenvalue weighted by Gasteiger charge is -2.24. The number of hydrogen-bond acceptors (Lipinski definition) is 4. The molecular weight excluding hydrogens is 250 g/mol. The summed E-state index contributed by atoms with van der Waals surface area (Å²) in [5.74, 6) is 0.334. The standard InChI is InChI=1S/C12H13N3O2S/c1-10-4-6-12(7-5-10)18(16,17)15-11(9-13)3-2-8-14-15/h2-4,6-8,10-11H,5H2,1H3. The summed E-state index contributed by atoms with van der Waals surface area (Å²) in [7, 11) is -3.73. The first-order chi connectivity index (χ1) is 8.55. The monoisotopic (exact) mass is 263 g/mol. The van der Waals surface area contributed by atoms with Crippen molar-refractivity contribution in [3.8, 4) is 6.07 Å². The first-order valence-electron chi connectivity index (χ1n) is 5.59. The smallest absolute Gasteiger partial charge is 0.200 e. The molecule has 18 heavy (non-hydrogen) atoms. The number of hydrazone groups is 1. The zero-order valence-electron chi connectivity index (χ0n) is 9.89. The van der Waals surface area contributed by atoms with Crippen molar-refractivity contribution < 1.29 is 8.42 Å². The fraction of sp³-hybridized carbons (Fsp3) is 0.333. The number of sulfonamides is 1. The molecule has 0 fully saturated rings. The maximum absolute atomic E-state index is 12.3. The van der Waals surface area contributed by atoms with E-state index in [1.165, 1.54) is 12.3 Å². The van der Waals surface area contributed by atoms with Crippen LogP contribution in [0.3, 0.4) is 0 Å². The Kier molecular flexibility index (Phi) is 3.34. The molecule has 0 saturated heterocycles. The molecule has 2 unspecified atom stereocenters. The highest BCUT2D eigenvalue weighted by molar-refractivity contribution is 7.93. The molecule has 1 aliphatic heterocycles. The minimum Gasteiger partial charge on any atom is -0.200 e. The molecule has 0 aromatic rings. The average Bonchev–Trinajstić information content (AvgIpc) is 2.39. The van der Waals surface area contributed by atoms with Crippen molar-refractivity contribution in [3.63, 3.8) is 0 Å². The number of allylic oxidation sites excluding steroid dienone is 4. The molecule has 6 heteroatoms. The summed E-state index contributed by atoms with van der Waals surface area (Å²) in [5.41, 5.74) is 0. The van der Waals surface area contributed by atoms with Crippen LogP contribution in [-0.2, 0) is 10.0 Å². The maximum atomic E-state index is 12.3. The van der Waals surface area contributed by atoms with Crippen molar-refractivity contribution in [2.75, 3.05) is 0 Å². The lowest BCUT2D eigenvalue weighted by atomic mass is 10.0. The quantitative estimate of drug-likeness (QED) is 0.758. The van der Waals surface area contributed by atoms with E-state index in [1.807, 2.05) is 19.1 Å². The second-order valence-electron chi connectivity index (χ2n) is 4.18. The van der Waals surface area contributed by atoms with Crippen LogP contribution >= 0.6 is 0 Å². The Bertz CT molecular complexity index is 593. The molecule has 0 radical (unpaired) electrons. The van der Waals surface area contributed by atoms with Gasteiger partial charge in [-0.1, -0.05) is 19.1 Å². The van der Waals surface area contributed by atoms with Gasteiger partial charge in [-0.3, -0.25) is 0 Å². The lowest BCUT2D eigenvalue weighted by molar-refractivity contribution is 0.426. The Morgan fingerprint density at radius 3 is 2.89 bits per heavy atom. The average molecular weight is 263 g/mol. The highest BCUT2D eigenvalue weighted by Gasteiger charge is 2.31. The topological polar surface area (TPSA) is 73.5 Å². The Balaban J connectivity index is 2.33. The summed E-state index contributed by atoms with van der Waals surface area (Å²) in [4.78, 5) is 0.202. The summed E-state index contributed by atoms with van der Waals surface area (Å²) in [6.45, 7) is 2.01. The van der Waals surface area contributed by atoms with Crippen LogP contribution in [0.5, 0.6) is 0 Å². The Morgan fingerprint density at radius 1 is 1.50 bits per heavy atom. The molecule has 1 aliphatic carbocycles. The first kappa shape index (κ1) is 12.6. The lowest BCUT2D eigenvalue weighted by Crippen LogP contribution is -2.36. The highest BCUT2D eigenvalue weighted by Crippen LogP contribution is 2.25. The summed E-state index contributed by atoms with van der Waals surface area (Å²) >= 11 is 0. The summed E-state index contributed by atoms with van der Waals surface area (Å²) in [5, 5.41) is 12.7. The van der Waals surface area contributed by atoms with Crippen molar-refractivity contribution in [1.82, 2.24) is 4.41 Å². The minimum atomic E-state index is -3.73. The third-order valence-electron chi connectivity index (χ3n) is 2.75. The molecule has 0 bridgehead atoms. The first-order valence-corrected chi connectivity index (χ1v) is 7.03. The normalized spacial score (nSPS) is 26.9. The van der Waals surface area contributed by atoms with Gasteiger partial charge in [-0.2, -0.15) is 23.2 Å². The number of nitriles is 1. The molecule has 2 rings (SSSR count). The molecule has 94 valence electrons. The number of nitrogens with zero attached hydrogens (tertiary/aromatic N) is 3. The van der Waals surface area contributed by atoms with Gasteiger partial charge in [0.15, 0.2) is 6.04 Å². The molecule has 5 nitrogen and oxygen atoms in total. The van der Waals surface area contributed by atoms with Gasteiger partial charge in [0.1, 0.15) is 0 Å². The zero-order chi connectivity index (χ0) is 13.2. The third-order valence-corrected chi connectivity index (χ3v) is 4.47. The molecule has 0 spiro atoms. The predicted molar refractivity (Wildman–Crippen MR) is 68.8 cm³/mol. The van der Waals surface area contributed by atoms with E-state index in [-0.39, 0.29) is 4.91 Å². The largest absolute Gasteiger partial charge is 0.280 e. The third kappa shape index (κ3) is 2.22. The van der Waals surface area contributed by atoms with Crippen LogP contribution in [0.15, 0.2) is 40.4 Å². The second kappa shape index (κ2) is 4.78. The van der Waals surface area contributed by atoms with E-state index in [4.69, 9.17) is 5.26 Å².